The zero-order chi connectivity index (χ0) is 28.6. The molecule has 1 fully saturated rings. The summed E-state index contributed by atoms with van der Waals surface area (Å²) in [6.07, 6.45) is -3.34. The number of rotatable bonds is 8. The highest BCUT2D eigenvalue weighted by Gasteiger charge is 2.41. The summed E-state index contributed by atoms with van der Waals surface area (Å²) < 4.78 is 42.6. The number of aryl methyl sites for hydroxylation is 2. The van der Waals surface area contributed by atoms with Crippen LogP contribution in [0.3, 0.4) is 0 Å². The third-order valence-electron chi connectivity index (χ3n) is 6.84. The Kier molecular flexibility index (Phi) is 7.77. The fourth-order valence-corrected chi connectivity index (χ4v) is 5.79. The van der Waals surface area contributed by atoms with Crippen molar-refractivity contribution in [2.75, 3.05) is 17.2 Å². The van der Waals surface area contributed by atoms with E-state index in [4.69, 9.17) is 0 Å². The minimum atomic E-state index is -4.78. The molecule has 5 N–H and O–H groups in total. The van der Waals surface area contributed by atoms with Gasteiger partial charge in [0.25, 0.3) is 0 Å². The lowest BCUT2D eigenvalue weighted by Gasteiger charge is -2.21. The van der Waals surface area contributed by atoms with Crippen LogP contribution < -0.4 is 15.4 Å². The largest absolute Gasteiger partial charge is 0.573 e. The molecule has 0 aliphatic heterocycles. The molecule has 5 rings (SSSR count). The molecule has 0 amide bonds. The van der Waals surface area contributed by atoms with Crippen LogP contribution in [0.5, 0.6) is 5.75 Å². The molecule has 1 aliphatic carbocycles. The first-order valence-electron chi connectivity index (χ1n) is 12.4. The van der Waals surface area contributed by atoms with Crippen LogP contribution >= 0.6 is 11.3 Å². The van der Waals surface area contributed by atoms with E-state index in [0.717, 1.165) is 4.70 Å². The molecule has 0 radical (unpaired) electrons. The third-order valence-corrected chi connectivity index (χ3v) is 7.89. The van der Waals surface area contributed by atoms with Crippen molar-refractivity contribution >= 4 is 33.3 Å². The second-order valence-electron chi connectivity index (χ2n) is 9.62. The van der Waals surface area contributed by atoms with Gasteiger partial charge in [0.1, 0.15) is 28.2 Å². The monoisotopic (exact) mass is 576 g/mol. The Morgan fingerprint density at radius 3 is 2.58 bits per heavy atom. The summed E-state index contributed by atoms with van der Waals surface area (Å²) in [6, 6.07) is 5.34. The molecule has 0 unspecified atom stereocenters. The minimum Gasteiger partial charge on any atom is -0.406 e. The molecule has 14 heteroatoms. The van der Waals surface area contributed by atoms with Crippen LogP contribution in [0.2, 0.25) is 0 Å². The van der Waals surface area contributed by atoms with Crippen LogP contribution in [0.1, 0.15) is 23.2 Å². The highest BCUT2D eigenvalue weighted by molar-refractivity contribution is 7.21. The molecule has 0 saturated heterocycles. The molecule has 10 nitrogen and oxygen atoms in total. The zero-order valence-electron chi connectivity index (χ0n) is 21.5. The van der Waals surface area contributed by atoms with Gasteiger partial charge in [-0.2, -0.15) is 4.98 Å². The summed E-state index contributed by atoms with van der Waals surface area (Å²) in [5.41, 5.74) is 3.21. The molecule has 4 atom stereocenters. The van der Waals surface area contributed by atoms with Crippen molar-refractivity contribution in [1.82, 2.24) is 19.9 Å². The van der Waals surface area contributed by atoms with Crippen LogP contribution in [0.4, 0.5) is 24.9 Å². The number of halogens is 3. The Hall–Kier alpha value is -3.59. The van der Waals surface area contributed by atoms with E-state index >= 15 is 0 Å². The molecule has 3 heterocycles. The molecule has 1 aliphatic rings. The first-order valence-corrected chi connectivity index (χ1v) is 13.3. The quantitative estimate of drug-likeness (QED) is 0.210. The van der Waals surface area contributed by atoms with Crippen molar-refractivity contribution in [3.8, 4) is 16.3 Å². The smallest absolute Gasteiger partial charge is 0.406 e. The molecule has 0 spiro atoms. The lowest BCUT2D eigenvalue weighted by molar-refractivity contribution is -0.274. The molecular formula is C26H27F3N6O4S. The Morgan fingerprint density at radius 2 is 1.90 bits per heavy atom. The van der Waals surface area contributed by atoms with Crippen LogP contribution in [0.15, 0.2) is 36.7 Å². The van der Waals surface area contributed by atoms with Gasteiger partial charge in [0.15, 0.2) is 0 Å². The maximum absolute atomic E-state index is 12.6. The highest BCUT2D eigenvalue weighted by atomic mass is 32.1. The van der Waals surface area contributed by atoms with Crippen molar-refractivity contribution in [2.24, 2.45) is 5.92 Å². The number of nitrogens with one attached hydrogen (secondary N) is 2. The summed E-state index contributed by atoms with van der Waals surface area (Å²) in [4.78, 5) is 18.1. The summed E-state index contributed by atoms with van der Waals surface area (Å²) in [6.45, 7) is 3.42. The van der Waals surface area contributed by atoms with Gasteiger partial charge in [-0.1, -0.05) is 6.07 Å². The average Bonchev–Trinajstić information content (AvgIpc) is 3.43. The number of aliphatic hydroxyl groups is 3. The second-order valence-corrected chi connectivity index (χ2v) is 10.6. The van der Waals surface area contributed by atoms with Crippen LogP contribution in [-0.2, 0) is 6.54 Å². The number of aliphatic hydroxyl groups excluding tert-OH is 3. The van der Waals surface area contributed by atoms with Gasteiger partial charge >= 0.3 is 6.36 Å². The molecule has 3 aromatic heterocycles. The van der Waals surface area contributed by atoms with Crippen LogP contribution in [0.25, 0.3) is 20.8 Å². The van der Waals surface area contributed by atoms with Gasteiger partial charge in [-0.15, -0.1) is 24.5 Å². The normalized spacial score (nSPS) is 21.1. The number of fused-ring (bicyclic) bond motifs is 1. The molecule has 4 aromatic rings. The number of benzene rings is 1. The molecule has 40 heavy (non-hydrogen) atoms. The molecule has 212 valence electrons. The van der Waals surface area contributed by atoms with Crippen molar-refractivity contribution in [3.63, 3.8) is 0 Å². The molecule has 0 bridgehead atoms. The highest BCUT2D eigenvalue weighted by Crippen LogP contribution is 2.38. The predicted octanol–water partition coefficient (Wildman–Crippen LogP) is 3.79. The van der Waals surface area contributed by atoms with Gasteiger partial charge in [-0.25, -0.2) is 9.97 Å². The number of anilines is 2. The first-order chi connectivity index (χ1) is 19.0. The zero-order valence-corrected chi connectivity index (χ0v) is 22.3. The number of hydrogen-bond acceptors (Lipinski definition) is 11. The Bertz CT molecular complexity index is 1480. The first kappa shape index (κ1) is 28.0. The number of pyridine rings is 1. The topological polar surface area (TPSA) is 146 Å². The number of aromatic nitrogens is 4. The maximum Gasteiger partial charge on any atom is 0.573 e. The number of thiazole rings is 1. The summed E-state index contributed by atoms with van der Waals surface area (Å²) >= 11 is 1.43. The van der Waals surface area contributed by atoms with E-state index in [0.29, 0.717) is 45.1 Å². The van der Waals surface area contributed by atoms with Crippen LogP contribution in [-0.4, -0.2) is 66.5 Å². The van der Waals surface area contributed by atoms with Gasteiger partial charge in [-0.05, 0) is 49.6 Å². The summed E-state index contributed by atoms with van der Waals surface area (Å²) in [5, 5.41) is 37.5. The number of ether oxygens (including phenoxy) is 1. The van der Waals surface area contributed by atoms with E-state index in [1.807, 2.05) is 6.07 Å². The van der Waals surface area contributed by atoms with E-state index < -0.39 is 30.5 Å². The molecule has 1 saturated carbocycles. The average molecular weight is 577 g/mol. The van der Waals surface area contributed by atoms with E-state index in [-0.39, 0.29) is 24.8 Å². The fraction of sp³-hybridized carbons (Fsp3) is 0.385. The Balaban J connectivity index is 1.45. The van der Waals surface area contributed by atoms with Gasteiger partial charge in [0.2, 0.25) is 5.95 Å². The number of nitrogens with zero attached hydrogens (tertiary/aromatic N) is 4. The minimum absolute atomic E-state index is 0.223. The van der Waals surface area contributed by atoms with Crippen LogP contribution in [0, 0.1) is 19.8 Å². The lowest BCUT2D eigenvalue weighted by Crippen LogP contribution is -2.35. The van der Waals surface area contributed by atoms with Crippen molar-refractivity contribution in [2.45, 2.75) is 51.4 Å². The molecular weight excluding hydrogens is 549 g/mol. The SMILES string of the molecule is Cc1cc(OC(F)(F)F)ccc1CNc1nc(C)c(-c2nc3cnccc3s2)c(N[C@@H]2C[C@H](CO)[C@@H](O)[C@H]2O)n1. The second kappa shape index (κ2) is 11.1. The molecule has 1 aromatic carbocycles. The van der Waals surface area contributed by atoms with Gasteiger partial charge in [0.05, 0.1) is 34.3 Å². The maximum atomic E-state index is 12.6. The summed E-state index contributed by atoms with van der Waals surface area (Å²) in [7, 11) is 0. The predicted molar refractivity (Wildman–Crippen MR) is 143 cm³/mol. The van der Waals surface area contributed by atoms with E-state index in [2.05, 4.69) is 35.3 Å². The Morgan fingerprint density at radius 1 is 1.10 bits per heavy atom. The van der Waals surface area contributed by atoms with Crippen molar-refractivity contribution < 1.29 is 33.2 Å². The van der Waals surface area contributed by atoms with Gasteiger partial charge < -0.3 is 30.7 Å². The lowest BCUT2D eigenvalue weighted by atomic mass is 10.1. The fourth-order valence-electron chi connectivity index (χ4n) is 4.76. The summed E-state index contributed by atoms with van der Waals surface area (Å²) in [5.74, 6) is -0.172. The van der Waals surface area contributed by atoms with Crippen molar-refractivity contribution in [1.29, 1.82) is 0 Å². The third kappa shape index (κ3) is 5.94. The Labute approximate surface area is 230 Å². The van der Waals surface area contributed by atoms with E-state index in [1.54, 1.807) is 26.2 Å². The van der Waals surface area contributed by atoms with Crippen molar-refractivity contribution in [3.05, 3.63) is 53.5 Å². The van der Waals surface area contributed by atoms with Gasteiger partial charge in [-0.3, -0.25) is 4.98 Å². The van der Waals surface area contributed by atoms with E-state index in [9.17, 15) is 28.5 Å². The number of alkyl halides is 3. The van der Waals surface area contributed by atoms with E-state index in [1.165, 1.54) is 29.5 Å². The standard InChI is InChI=1S/C26H27F3N6O4S/c1-12-7-16(39-26(27,28)29)4-3-14(12)9-31-25-32-13(2)20(24-34-18-10-30-6-5-19(18)40-24)23(35-25)33-17-8-15(11-36)21(37)22(17)38/h3-7,10,15,17,21-22,36-38H,8-9,11H2,1-2H3,(H2,31,32,33,35)/t15-,17-,21-,22+/m1/s1. The van der Waals surface area contributed by atoms with Gasteiger partial charge in [0, 0.05) is 25.3 Å². The number of hydrogen-bond donors (Lipinski definition) is 5.